The summed E-state index contributed by atoms with van der Waals surface area (Å²) in [7, 11) is 1.79. The number of likely N-dealkylation sites (N-methyl/N-ethyl adjacent to an activating group) is 1. The smallest absolute Gasteiger partial charge is 0.270 e. The molecule has 0 bridgehead atoms. The summed E-state index contributed by atoms with van der Waals surface area (Å²) in [6.45, 7) is 0.523. The average molecular weight is 195 g/mol. The number of benzene rings is 1. The van der Waals surface area contributed by atoms with Gasteiger partial charge >= 0.3 is 0 Å². The Morgan fingerprint density at radius 2 is 2.36 bits per heavy atom. The number of anilines is 1. The first kappa shape index (κ1) is 10.5. The molecule has 5 nitrogen and oxygen atoms in total. The monoisotopic (exact) mass is 195 g/mol. The van der Waals surface area contributed by atoms with Crippen LogP contribution in [0.15, 0.2) is 18.2 Å². The summed E-state index contributed by atoms with van der Waals surface area (Å²) in [6, 6.07) is 7.12. The van der Waals surface area contributed by atoms with Gasteiger partial charge in [-0.3, -0.25) is 10.1 Å². The van der Waals surface area contributed by atoms with Gasteiger partial charge in [-0.1, -0.05) is 0 Å². The molecule has 0 unspecified atom stereocenters. The number of nitro benzene ring substituents is 1. The summed E-state index contributed by atoms with van der Waals surface area (Å²) < 4.78 is 0. The molecular weight excluding hydrogens is 184 g/mol. The van der Waals surface area contributed by atoms with Crippen molar-refractivity contribution in [3.05, 3.63) is 34.4 Å². The van der Waals surface area contributed by atoms with Crippen LogP contribution in [-0.2, 0) is 0 Å². The minimum Gasteiger partial charge on any atom is -0.395 e. The number of nitro groups is 1. The fourth-order valence-corrected chi connectivity index (χ4v) is 1.03. The first-order valence-electron chi connectivity index (χ1n) is 4.13. The standard InChI is InChI=1S/C9H11N2O3/c1-10(6-7-12)8-2-4-9(5-3-8)11(13)14/h2,4-5,12H,6-7H2,1H3. The zero-order valence-corrected chi connectivity index (χ0v) is 7.80. The second-order valence-electron chi connectivity index (χ2n) is 2.83. The lowest BCUT2D eigenvalue weighted by molar-refractivity contribution is -0.384. The van der Waals surface area contributed by atoms with Crippen LogP contribution >= 0.6 is 0 Å². The first-order chi connectivity index (χ1) is 6.65. The molecule has 1 aromatic carbocycles. The molecule has 0 saturated heterocycles. The molecule has 1 radical (unpaired) electrons. The number of non-ortho nitro benzene ring substituents is 1. The fraction of sp³-hybridized carbons (Fsp3) is 0.333. The molecule has 75 valence electrons. The van der Waals surface area contributed by atoms with Crippen LogP contribution in [0.5, 0.6) is 0 Å². The number of aliphatic hydroxyl groups excluding tert-OH is 1. The van der Waals surface area contributed by atoms with Gasteiger partial charge in [0.25, 0.3) is 5.69 Å². The number of aliphatic hydroxyl groups is 1. The van der Waals surface area contributed by atoms with Crippen LogP contribution in [0.1, 0.15) is 0 Å². The van der Waals surface area contributed by atoms with Crippen molar-refractivity contribution in [2.75, 3.05) is 25.1 Å². The van der Waals surface area contributed by atoms with Crippen molar-refractivity contribution in [2.24, 2.45) is 0 Å². The molecule has 1 rings (SSSR count). The molecule has 14 heavy (non-hydrogen) atoms. The van der Waals surface area contributed by atoms with Crippen molar-refractivity contribution < 1.29 is 10.0 Å². The minimum absolute atomic E-state index is 0.0196. The number of hydrogen-bond donors (Lipinski definition) is 1. The van der Waals surface area contributed by atoms with Gasteiger partial charge in [-0.2, -0.15) is 0 Å². The Morgan fingerprint density at radius 3 is 2.79 bits per heavy atom. The number of rotatable bonds is 4. The summed E-state index contributed by atoms with van der Waals surface area (Å²) in [5.41, 5.74) is 0.746. The van der Waals surface area contributed by atoms with E-state index in [0.29, 0.717) is 6.54 Å². The molecule has 0 heterocycles. The van der Waals surface area contributed by atoms with Crippen LogP contribution in [0.25, 0.3) is 0 Å². The quantitative estimate of drug-likeness (QED) is 0.570. The summed E-state index contributed by atoms with van der Waals surface area (Å²) in [6.07, 6.45) is 0. The molecule has 0 aliphatic heterocycles. The van der Waals surface area contributed by atoms with Crippen LogP contribution in [0.3, 0.4) is 0 Å². The molecule has 0 aliphatic rings. The molecule has 0 saturated carbocycles. The molecular formula is C9H11N2O3. The van der Waals surface area contributed by atoms with E-state index < -0.39 is 4.92 Å². The second-order valence-corrected chi connectivity index (χ2v) is 2.83. The third-order valence-electron chi connectivity index (χ3n) is 1.84. The van der Waals surface area contributed by atoms with Crippen LogP contribution in [0, 0.1) is 16.2 Å². The Morgan fingerprint density at radius 1 is 1.64 bits per heavy atom. The zero-order valence-electron chi connectivity index (χ0n) is 7.80. The van der Waals surface area contributed by atoms with Crippen molar-refractivity contribution in [1.82, 2.24) is 0 Å². The predicted molar refractivity (Wildman–Crippen MR) is 52.3 cm³/mol. The van der Waals surface area contributed by atoms with E-state index in [1.165, 1.54) is 12.1 Å². The minimum atomic E-state index is -0.466. The molecule has 0 fully saturated rings. The molecule has 0 atom stereocenters. The van der Waals surface area contributed by atoms with Gasteiger partial charge in [0.2, 0.25) is 0 Å². The van der Waals surface area contributed by atoms with Crippen molar-refractivity contribution in [2.45, 2.75) is 0 Å². The normalized spacial score (nSPS) is 9.86. The van der Waals surface area contributed by atoms with E-state index in [4.69, 9.17) is 5.11 Å². The van der Waals surface area contributed by atoms with Gasteiger partial charge in [0.1, 0.15) is 0 Å². The van der Waals surface area contributed by atoms with E-state index in [0.717, 1.165) is 5.69 Å². The van der Waals surface area contributed by atoms with Crippen LogP contribution in [0.4, 0.5) is 11.4 Å². The van der Waals surface area contributed by atoms with Crippen molar-refractivity contribution in [3.63, 3.8) is 0 Å². The Labute approximate surface area is 81.7 Å². The lowest BCUT2D eigenvalue weighted by Crippen LogP contribution is -2.20. The van der Waals surface area contributed by atoms with Gasteiger partial charge in [-0.25, -0.2) is 0 Å². The topological polar surface area (TPSA) is 66.6 Å². The predicted octanol–water partition coefficient (Wildman–Crippen LogP) is 0.823. The van der Waals surface area contributed by atoms with Gasteiger partial charge in [-0.05, 0) is 6.07 Å². The Balaban J connectivity index is 2.77. The van der Waals surface area contributed by atoms with Crippen LogP contribution < -0.4 is 4.90 Å². The van der Waals surface area contributed by atoms with E-state index in [-0.39, 0.29) is 12.3 Å². The fourth-order valence-electron chi connectivity index (χ4n) is 1.03. The third-order valence-corrected chi connectivity index (χ3v) is 1.84. The summed E-state index contributed by atoms with van der Waals surface area (Å²) in [5, 5.41) is 19.0. The van der Waals surface area contributed by atoms with Gasteiger partial charge in [-0.15, -0.1) is 0 Å². The van der Waals surface area contributed by atoms with Crippen LogP contribution in [0.2, 0.25) is 0 Å². The molecule has 1 aromatic rings. The first-order valence-corrected chi connectivity index (χ1v) is 4.13. The molecule has 0 aromatic heterocycles. The van der Waals surface area contributed by atoms with E-state index >= 15 is 0 Å². The Kier molecular flexibility index (Phi) is 3.41. The largest absolute Gasteiger partial charge is 0.395 e. The third kappa shape index (κ3) is 2.43. The maximum Gasteiger partial charge on any atom is 0.270 e. The van der Waals surface area contributed by atoms with E-state index in [1.54, 1.807) is 18.0 Å². The summed E-state index contributed by atoms with van der Waals surface area (Å²) in [4.78, 5) is 11.6. The van der Waals surface area contributed by atoms with Gasteiger partial charge in [0.05, 0.1) is 11.5 Å². The van der Waals surface area contributed by atoms with E-state index in [1.807, 2.05) is 0 Å². The second kappa shape index (κ2) is 4.57. The van der Waals surface area contributed by atoms with E-state index in [9.17, 15) is 10.1 Å². The van der Waals surface area contributed by atoms with Crippen molar-refractivity contribution in [1.29, 1.82) is 0 Å². The van der Waals surface area contributed by atoms with Crippen molar-refractivity contribution in [3.8, 4) is 0 Å². The molecule has 0 amide bonds. The van der Waals surface area contributed by atoms with Crippen LogP contribution in [-0.4, -0.2) is 30.2 Å². The molecule has 0 aliphatic carbocycles. The molecule has 0 spiro atoms. The lowest BCUT2D eigenvalue weighted by atomic mass is 10.2. The highest BCUT2D eigenvalue weighted by Crippen LogP contribution is 2.16. The van der Waals surface area contributed by atoms with Gasteiger partial charge in [0, 0.05) is 37.5 Å². The molecule has 1 N–H and O–H groups in total. The maximum atomic E-state index is 10.3. The van der Waals surface area contributed by atoms with E-state index in [2.05, 4.69) is 6.07 Å². The van der Waals surface area contributed by atoms with Gasteiger partial charge in [0.15, 0.2) is 0 Å². The van der Waals surface area contributed by atoms with Gasteiger partial charge < -0.3 is 10.0 Å². The average Bonchev–Trinajstić information content (AvgIpc) is 2.18. The summed E-state index contributed by atoms with van der Waals surface area (Å²) in [5.74, 6) is 0. The highest BCUT2D eigenvalue weighted by molar-refractivity contribution is 5.49. The zero-order chi connectivity index (χ0) is 10.6. The highest BCUT2D eigenvalue weighted by Gasteiger charge is 2.06. The molecule has 5 heteroatoms. The summed E-state index contributed by atoms with van der Waals surface area (Å²) >= 11 is 0. The highest BCUT2D eigenvalue weighted by atomic mass is 16.6. The SMILES string of the molecule is CN(CCO)c1[c]cc([N+](=O)[O-])cc1. The van der Waals surface area contributed by atoms with Crippen molar-refractivity contribution >= 4 is 11.4 Å². The maximum absolute atomic E-state index is 10.3. The Hall–Kier alpha value is -1.62. The Bertz CT molecular complexity index is 310. The lowest BCUT2D eigenvalue weighted by Gasteiger charge is -2.16. The number of nitrogens with zero attached hydrogens (tertiary/aromatic N) is 2. The number of hydrogen-bond acceptors (Lipinski definition) is 4.